The number of carbonyl (C=O) groups excluding carboxylic acids is 2. The first kappa shape index (κ1) is 14.1. The van der Waals surface area contributed by atoms with Crippen LogP contribution in [-0.4, -0.2) is 30.6 Å². The molecule has 0 aromatic heterocycles. The Morgan fingerprint density at radius 1 is 1.14 bits per heavy atom. The summed E-state index contributed by atoms with van der Waals surface area (Å²) in [6.45, 7) is 0.497. The highest BCUT2D eigenvalue weighted by atomic mass is 16.5. The second kappa shape index (κ2) is 5.85. The van der Waals surface area contributed by atoms with Crippen molar-refractivity contribution in [1.29, 1.82) is 0 Å². The Balaban J connectivity index is 1.56. The molecule has 0 radical (unpaired) electrons. The minimum atomic E-state index is -1.18. The number of fused-ring (bicyclic) bond motifs is 2. The van der Waals surface area contributed by atoms with E-state index < -0.39 is 17.8 Å². The van der Waals surface area contributed by atoms with E-state index in [-0.39, 0.29) is 18.1 Å². The van der Waals surface area contributed by atoms with Gasteiger partial charge in [0.25, 0.3) is 0 Å². The molecule has 2 fully saturated rings. The highest BCUT2D eigenvalue weighted by Crippen LogP contribution is 2.43. The van der Waals surface area contributed by atoms with Gasteiger partial charge in [0.1, 0.15) is 0 Å². The van der Waals surface area contributed by atoms with E-state index >= 15 is 0 Å². The molecule has 1 aromatic rings. The average Bonchev–Trinajstić information content (AvgIpc) is 3.08. The molecule has 5 nitrogen and oxygen atoms in total. The zero-order valence-corrected chi connectivity index (χ0v) is 11.7. The molecule has 112 valence electrons. The van der Waals surface area contributed by atoms with E-state index in [1.807, 2.05) is 30.3 Å². The number of hydrogen-bond donors (Lipinski definition) is 1. The smallest absolute Gasteiger partial charge is 0.226 e. The Morgan fingerprint density at radius 2 is 1.81 bits per heavy atom. The predicted octanol–water partition coefficient (Wildman–Crippen LogP) is -0.111. The largest absolute Gasteiger partial charge is 0.550 e. The Labute approximate surface area is 123 Å². The number of ether oxygens (including phenoxy) is 1. The average molecular weight is 288 g/mol. The number of aliphatic carboxylic acids is 1. The van der Waals surface area contributed by atoms with Crippen LogP contribution >= 0.6 is 0 Å². The van der Waals surface area contributed by atoms with Crippen molar-refractivity contribution < 1.29 is 19.4 Å². The van der Waals surface area contributed by atoms with Gasteiger partial charge in [0.05, 0.1) is 18.1 Å². The highest BCUT2D eigenvalue weighted by Gasteiger charge is 2.52. The third-order valence-electron chi connectivity index (χ3n) is 4.40. The van der Waals surface area contributed by atoms with Gasteiger partial charge in [-0.2, -0.15) is 0 Å². The van der Waals surface area contributed by atoms with Crippen molar-refractivity contribution in [3.63, 3.8) is 0 Å². The number of carbonyl (C=O) groups is 2. The molecule has 0 aliphatic carbocycles. The van der Waals surface area contributed by atoms with Gasteiger partial charge in [-0.05, 0) is 24.8 Å². The molecule has 1 N–H and O–H groups in total. The lowest BCUT2D eigenvalue weighted by molar-refractivity contribution is -0.314. The predicted molar refractivity (Wildman–Crippen MR) is 73.0 cm³/mol. The van der Waals surface area contributed by atoms with Crippen molar-refractivity contribution in [3.05, 3.63) is 35.9 Å². The molecule has 1 aromatic carbocycles. The molecule has 2 aliphatic rings. The lowest BCUT2D eigenvalue weighted by Gasteiger charge is -2.27. The third-order valence-corrected chi connectivity index (χ3v) is 4.40. The Hall–Kier alpha value is -1.88. The lowest BCUT2D eigenvalue weighted by atomic mass is 9.78. The minimum absolute atomic E-state index is 0.229. The molecule has 2 aliphatic heterocycles. The first-order chi connectivity index (χ1) is 10.2. The van der Waals surface area contributed by atoms with Crippen LogP contribution < -0.4 is 10.4 Å². The van der Waals surface area contributed by atoms with Crippen molar-refractivity contribution in [2.24, 2.45) is 11.8 Å². The molecule has 2 heterocycles. The second-order valence-electron chi connectivity index (χ2n) is 5.69. The van der Waals surface area contributed by atoms with Crippen molar-refractivity contribution in [2.75, 3.05) is 6.54 Å². The maximum atomic E-state index is 12.3. The van der Waals surface area contributed by atoms with Crippen LogP contribution in [0, 0.1) is 11.8 Å². The van der Waals surface area contributed by atoms with Gasteiger partial charge in [-0.3, -0.25) is 4.79 Å². The molecule has 0 saturated carbocycles. The molecule has 3 rings (SSSR count). The Kier molecular flexibility index (Phi) is 3.92. The van der Waals surface area contributed by atoms with Gasteiger partial charge in [0, 0.05) is 18.4 Å². The van der Waals surface area contributed by atoms with Crippen LogP contribution in [0.25, 0.3) is 0 Å². The molecule has 2 saturated heterocycles. The van der Waals surface area contributed by atoms with Gasteiger partial charge in [0.15, 0.2) is 0 Å². The third kappa shape index (κ3) is 2.78. The van der Waals surface area contributed by atoms with Crippen LogP contribution in [0.3, 0.4) is 0 Å². The molecular weight excluding hydrogens is 270 g/mol. The summed E-state index contributed by atoms with van der Waals surface area (Å²) in [5.74, 6) is -2.82. The van der Waals surface area contributed by atoms with Crippen molar-refractivity contribution in [2.45, 2.75) is 31.5 Å². The summed E-state index contributed by atoms with van der Waals surface area (Å²) in [7, 11) is 0. The van der Waals surface area contributed by atoms with E-state index in [2.05, 4.69) is 5.32 Å². The SMILES string of the molecule is O=C(NCCc1ccccc1)[C@@H]1[C@H](C(=O)[O-])[C@@H]2CC[C@H]1O2. The van der Waals surface area contributed by atoms with Crippen molar-refractivity contribution in [1.82, 2.24) is 5.32 Å². The second-order valence-corrected chi connectivity index (χ2v) is 5.69. The summed E-state index contributed by atoms with van der Waals surface area (Å²) >= 11 is 0. The fourth-order valence-corrected chi connectivity index (χ4v) is 3.40. The number of carboxylic acids is 1. The number of rotatable bonds is 5. The number of nitrogens with one attached hydrogen (secondary N) is 1. The van der Waals surface area contributed by atoms with E-state index in [1.165, 1.54) is 0 Å². The Bertz CT molecular complexity index is 530. The fraction of sp³-hybridized carbons (Fsp3) is 0.500. The molecule has 2 bridgehead atoms. The summed E-state index contributed by atoms with van der Waals surface area (Å²) in [6, 6.07) is 9.84. The summed E-state index contributed by atoms with van der Waals surface area (Å²) in [5, 5.41) is 14.1. The van der Waals surface area contributed by atoms with Gasteiger partial charge in [-0.15, -0.1) is 0 Å². The maximum absolute atomic E-state index is 12.3. The van der Waals surface area contributed by atoms with E-state index in [4.69, 9.17) is 4.74 Å². The molecule has 1 amide bonds. The highest BCUT2D eigenvalue weighted by molar-refractivity contribution is 5.86. The van der Waals surface area contributed by atoms with E-state index in [1.54, 1.807) is 0 Å². The zero-order valence-electron chi connectivity index (χ0n) is 11.7. The topological polar surface area (TPSA) is 78.5 Å². The van der Waals surface area contributed by atoms with Gasteiger partial charge in [0.2, 0.25) is 5.91 Å². The van der Waals surface area contributed by atoms with Crippen LogP contribution in [0.4, 0.5) is 0 Å². The van der Waals surface area contributed by atoms with Crippen LogP contribution in [0.1, 0.15) is 18.4 Å². The summed E-state index contributed by atoms with van der Waals surface area (Å²) < 4.78 is 5.56. The first-order valence-corrected chi connectivity index (χ1v) is 7.35. The van der Waals surface area contributed by atoms with E-state index in [0.717, 1.165) is 18.4 Å². The molecule has 0 unspecified atom stereocenters. The zero-order chi connectivity index (χ0) is 14.8. The summed E-state index contributed by atoms with van der Waals surface area (Å²) in [6.07, 6.45) is 1.56. The normalized spacial score (nSPS) is 30.3. The number of hydrogen-bond acceptors (Lipinski definition) is 4. The van der Waals surface area contributed by atoms with Crippen LogP contribution in [-0.2, 0) is 20.7 Å². The number of carboxylic acid groups (broad SMARTS) is 1. The van der Waals surface area contributed by atoms with Crippen LogP contribution in [0.2, 0.25) is 0 Å². The molecule has 4 atom stereocenters. The molecule has 21 heavy (non-hydrogen) atoms. The number of benzene rings is 1. The first-order valence-electron chi connectivity index (χ1n) is 7.35. The molecular formula is C16H18NO4-. The van der Waals surface area contributed by atoms with E-state index in [0.29, 0.717) is 13.0 Å². The lowest BCUT2D eigenvalue weighted by Crippen LogP contribution is -2.48. The minimum Gasteiger partial charge on any atom is -0.550 e. The fourth-order valence-electron chi connectivity index (χ4n) is 3.40. The monoisotopic (exact) mass is 288 g/mol. The van der Waals surface area contributed by atoms with Crippen LogP contribution in [0.15, 0.2) is 30.3 Å². The van der Waals surface area contributed by atoms with Gasteiger partial charge in [-0.1, -0.05) is 30.3 Å². The molecule has 5 heteroatoms. The maximum Gasteiger partial charge on any atom is 0.226 e. The Morgan fingerprint density at radius 3 is 2.48 bits per heavy atom. The van der Waals surface area contributed by atoms with Crippen molar-refractivity contribution in [3.8, 4) is 0 Å². The van der Waals surface area contributed by atoms with Gasteiger partial charge in [-0.25, -0.2) is 0 Å². The summed E-state index contributed by atoms with van der Waals surface area (Å²) in [4.78, 5) is 23.5. The quantitative estimate of drug-likeness (QED) is 0.820. The summed E-state index contributed by atoms with van der Waals surface area (Å²) in [5.41, 5.74) is 1.14. The van der Waals surface area contributed by atoms with E-state index in [9.17, 15) is 14.7 Å². The van der Waals surface area contributed by atoms with Crippen LogP contribution in [0.5, 0.6) is 0 Å². The van der Waals surface area contributed by atoms with Gasteiger partial charge < -0.3 is 20.0 Å². The van der Waals surface area contributed by atoms with Gasteiger partial charge >= 0.3 is 0 Å². The number of amides is 1. The standard InChI is InChI=1S/C16H19NO4/c18-15(17-9-8-10-4-2-1-3-5-10)13-11-6-7-12(21-11)14(13)16(19)20/h1-5,11-14H,6-9H2,(H,17,18)(H,19,20)/p-1/t11-,12+,13+,14-/m1/s1. The van der Waals surface area contributed by atoms with Crippen molar-refractivity contribution >= 4 is 11.9 Å². The molecule has 0 spiro atoms.